The highest BCUT2D eigenvalue weighted by atomic mass is 31.2. The Balaban J connectivity index is 1.82. The number of nitriles is 1. The van der Waals surface area contributed by atoms with Gasteiger partial charge >= 0.3 is 7.82 Å². The van der Waals surface area contributed by atoms with Gasteiger partial charge in [0.25, 0.3) is 0 Å². The van der Waals surface area contributed by atoms with Crippen molar-refractivity contribution in [2.45, 2.75) is 6.42 Å². The molecular formula is C8H12NO5P. The standard InChI is InChI=1S/C8H12NO5P/c9-2-1-3-11-4-8-5-12-15(10,13-6-8)14-7-8/h1,3-7H2. The second-order valence-electron chi connectivity index (χ2n) is 3.73. The number of rotatable bonds is 4. The van der Waals surface area contributed by atoms with Crippen LogP contribution in [-0.4, -0.2) is 33.0 Å². The summed E-state index contributed by atoms with van der Waals surface area (Å²) in [6, 6.07) is 1.99. The molecule has 0 spiro atoms. The average molecular weight is 233 g/mol. The van der Waals surface area contributed by atoms with Crippen LogP contribution in [0.5, 0.6) is 0 Å². The zero-order chi connectivity index (χ0) is 10.8. The Morgan fingerprint density at radius 1 is 1.33 bits per heavy atom. The maximum Gasteiger partial charge on any atom is 0.474 e. The number of phosphoric acid groups is 1. The van der Waals surface area contributed by atoms with Crippen molar-refractivity contribution in [3.05, 3.63) is 0 Å². The summed E-state index contributed by atoms with van der Waals surface area (Å²) in [5.74, 6) is 0. The number of hydrogen-bond donors (Lipinski definition) is 0. The Labute approximate surface area is 87.7 Å². The Bertz CT molecular complexity index is 294. The molecule has 0 N–H and O–H groups in total. The molecule has 3 aliphatic rings. The van der Waals surface area contributed by atoms with Crippen LogP contribution in [0.25, 0.3) is 0 Å². The van der Waals surface area contributed by atoms with Crippen molar-refractivity contribution >= 4 is 7.82 Å². The minimum atomic E-state index is -3.22. The fraction of sp³-hybridized carbons (Fsp3) is 0.875. The first kappa shape index (κ1) is 11.1. The van der Waals surface area contributed by atoms with Crippen molar-refractivity contribution in [1.82, 2.24) is 0 Å². The van der Waals surface area contributed by atoms with Crippen molar-refractivity contribution in [1.29, 1.82) is 5.26 Å². The fourth-order valence-corrected chi connectivity index (χ4v) is 2.94. The molecule has 0 aromatic rings. The van der Waals surface area contributed by atoms with Gasteiger partial charge < -0.3 is 4.74 Å². The van der Waals surface area contributed by atoms with Gasteiger partial charge in [-0.05, 0) is 0 Å². The first-order chi connectivity index (χ1) is 7.18. The van der Waals surface area contributed by atoms with Crippen molar-refractivity contribution in [3.63, 3.8) is 0 Å². The van der Waals surface area contributed by atoms with Crippen LogP contribution in [0.3, 0.4) is 0 Å². The SMILES string of the molecule is N#CCCOCC12COP(=O)(OC1)OC2. The highest BCUT2D eigenvalue weighted by Crippen LogP contribution is 2.59. The molecule has 3 saturated heterocycles. The Kier molecular flexibility index (Phi) is 3.10. The Morgan fingerprint density at radius 3 is 2.47 bits per heavy atom. The minimum absolute atomic E-state index is 0.330. The zero-order valence-corrected chi connectivity index (χ0v) is 9.07. The molecule has 0 aliphatic carbocycles. The van der Waals surface area contributed by atoms with Crippen molar-refractivity contribution in [2.24, 2.45) is 5.41 Å². The van der Waals surface area contributed by atoms with Crippen molar-refractivity contribution < 1.29 is 22.9 Å². The van der Waals surface area contributed by atoms with Gasteiger partial charge in [0.15, 0.2) is 0 Å². The van der Waals surface area contributed by atoms with E-state index < -0.39 is 7.82 Å². The van der Waals surface area contributed by atoms with Crippen LogP contribution in [0.1, 0.15) is 6.42 Å². The highest BCUT2D eigenvalue weighted by Gasteiger charge is 2.50. The van der Waals surface area contributed by atoms with E-state index in [0.29, 0.717) is 39.5 Å². The maximum atomic E-state index is 11.4. The molecule has 0 atom stereocenters. The van der Waals surface area contributed by atoms with Crippen LogP contribution >= 0.6 is 7.82 Å². The van der Waals surface area contributed by atoms with Gasteiger partial charge in [0.2, 0.25) is 0 Å². The van der Waals surface area contributed by atoms with E-state index in [0.717, 1.165) is 0 Å². The lowest BCUT2D eigenvalue weighted by Crippen LogP contribution is -2.47. The van der Waals surface area contributed by atoms with Crippen LogP contribution in [0.4, 0.5) is 0 Å². The Morgan fingerprint density at radius 2 is 1.93 bits per heavy atom. The molecule has 0 unspecified atom stereocenters. The van der Waals surface area contributed by atoms with Gasteiger partial charge in [0.1, 0.15) is 0 Å². The van der Waals surface area contributed by atoms with Crippen LogP contribution in [-0.2, 0) is 22.9 Å². The maximum absolute atomic E-state index is 11.4. The van der Waals surface area contributed by atoms with Gasteiger partial charge in [-0.2, -0.15) is 5.26 Å². The molecule has 0 saturated carbocycles. The monoisotopic (exact) mass is 233 g/mol. The smallest absolute Gasteiger partial charge is 0.380 e. The second kappa shape index (κ2) is 4.20. The largest absolute Gasteiger partial charge is 0.474 e. The quantitative estimate of drug-likeness (QED) is 0.534. The van der Waals surface area contributed by atoms with Gasteiger partial charge in [0.05, 0.1) is 50.9 Å². The molecule has 0 aromatic carbocycles. The molecule has 2 bridgehead atoms. The van der Waals surface area contributed by atoms with Gasteiger partial charge in [-0.15, -0.1) is 0 Å². The van der Waals surface area contributed by atoms with E-state index in [4.69, 9.17) is 23.6 Å². The summed E-state index contributed by atoms with van der Waals surface area (Å²) in [4.78, 5) is 0. The summed E-state index contributed by atoms with van der Waals surface area (Å²) in [5.41, 5.74) is -0.360. The number of fused-ring (bicyclic) bond motifs is 3. The van der Waals surface area contributed by atoms with Crippen molar-refractivity contribution in [3.8, 4) is 6.07 Å². The summed E-state index contributed by atoms with van der Waals surface area (Å²) >= 11 is 0. The number of hydrogen-bond acceptors (Lipinski definition) is 6. The second-order valence-corrected chi connectivity index (χ2v) is 5.40. The molecule has 0 amide bonds. The summed E-state index contributed by atoms with van der Waals surface area (Å²) < 4.78 is 31.7. The van der Waals surface area contributed by atoms with E-state index in [2.05, 4.69) is 0 Å². The van der Waals surface area contributed by atoms with Crippen LogP contribution < -0.4 is 0 Å². The van der Waals surface area contributed by atoms with Gasteiger partial charge in [-0.1, -0.05) is 0 Å². The van der Waals surface area contributed by atoms with Gasteiger partial charge in [-0.3, -0.25) is 13.6 Å². The fourth-order valence-electron chi connectivity index (χ4n) is 1.42. The molecular weight excluding hydrogens is 221 g/mol. The summed E-state index contributed by atoms with van der Waals surface area (Å²) in [7, 11) is -3.22. The van der Waals surface area contributed by atoms with E-state index in [-0.39, 0.29) is 5.41 Å². The highest BCUT2D eigenvalue weighted by molar-refractivity contribution is 7.48. The predicted molar refractivity (Wildman–Crippen MR) is 48.9 cm³/mol. The molecule has 15 heavy (non-hydrogen) atoms. The molecule has 7 heteroatoms. The van der Waals surface area contributed by atoms with Crippen molar-refractivity contribution in [2.75, 3.05) is 33.0 Å². The third kappa shape index (κ3) is 2.39. The van der Waals surface area contributed by atoms with E-state index in [1.807, 2.05) is 6.07 Å². The van der Waals surface area contributed by atoms with E-state index >= 15 is 0 Å². The first-order valence-electron chi connectivity index (χ1n) is 4.67. The third-order valence-electron chi connectivity index (χ3n) is 2.35. The lowest BCUT2D eigenvalue weighted by molar-refractivity contribution is -0.125. The van der Waals surface area contributed by atoms with Crippen LogP contribution in [0.2, 0.25) is 0 Å². The number of ether oxygens (including phenoxy) is 1. The lowest BCUT2D eigenvalue weighted by atomic mass is 9.92. The van der Waals surface area contributed by atoms with E-state index in [1.54, 1.807) is 0 Å². The molecule has 3 aliphatic heterocycles. The molecule has 84 valence electrons. The predicted octanol–water partition coefficient (Wildman–Crippen LogP) is 1.09. The van der Waals surface area contributed by atoms with Crippen LogP contribution in [0.15, 0.2) is 0 Å². The summed E-state index contributed by atoms with van der Waals surface area (Å²) in [6.45, 7) is 1.77. The number of phosphoric ester groups is 1. The molecule has 3 rings (SSSR count). The normalized spacial score (nSPS) is 38.9. The van der Waals surface area contributed by atoms with E-state index in [1.165, 1.54) is 0 Å². The Hall–Kier alpha value is -0.440. The summed E-state index contributed by atoms with van der Waals surface area (Å²) in [6.07, 6.45) is 0.358. The third-order valence-corrected chi connectivity index (χ3v) is 3.69. The molecule has 6 nitrogen and oxygen atoms in total. The zero-order valence-electron chi connectivity index (χ0n) is 8.18. The lowest BCUT2D eigenvalue weighted by Gasteiger charge is -2.43. The van der Waals surface area contributed by atoms with E-state index in [9.17, 15) is 4.57 Å². The minimum Gasteiger partial charge on any atom is -0.380 e. The molecule has 0 aromatic heterocycles. The molecule has 3 fully saturated rings. The van der Waals surface area contributed by atoms with Gasteiger partial charge in [-0.25, -0.2) is 4.57 Å². The van der Waals surface area contributed by atoms with Gasteiger partial charge in [0, 0.05) is 0 Å². The average Bonchev–Trinajstić information content (AvgIpc) is 2.27. The first-order valence-corrected chi connectivity index (χ1v) is 6.13. The number of nitrogens with zero attached hydrogens (tertiary/aromatic N) is 1. The van der Waals surface area contributed by atoms with Crippen LogP contribution in [0, 0.1) is 16.7 Å². The topological polar surface area (TPSA) is 77.8 Å². The molecule has 3 heterocycles. The molecule has 0 radical (unpaired) electrons. The summed E-state index contributed by atoms with van der Waals surface area (Å²) in [5, 5.41) is 8.33.